The largest absolute Gasteiger partial charge is 0.378 e. The van der Waals surface area contributed by atoms with E-state index in [2.05, 4.69) is 20.4 Å². The number of amides is 1. The molecule has 0 radical (unpaired) electrons. The molecule has 0 saturated carbocycles. The van der Waals surface area contributed by atoms with Gasteiger partial charge in [0.15, 0.2) is 5.82 Å². The summed E-state index contributed by atoms with van der Waals surface area (Å²) in [5, 5.41) is 10.6. The third-order valence-corrected chi connectivity index (χ3v) is 7.74. The molecule has 2 saturated heterocycles. The summed E-state index contributed by atoms with van der Waals surface area (Å²) in [6, 6.07) is 13.3. The van der Waals surface area contributed by atoms with Crippen LogP contribution in [0.2, 0.25) is 0 Å². The van der Waals surface area contributed by atoms with Crippen LogP contribution in [-0.4, -0.2) is 63.1 Å². The second-order valence-corrected chi connectivity index (χ2v) is 10.0. The van der Waals surface area contributed by atoms with Crippen LogP contribution in [0.4, 0.5) is 17.2 Å². The summed E-state index contributed by atoms with van der Waals surface area (Å²) in [7, 11) is -3.28. The summed E-state index contributed by atoms with van der Waals surface area (Å²) in [5.74, 6) is 0.370. The van der Waals surface area contributed by atoms with Gasteiger partial charge in [-0.05, 0) is 42.3 Å². The van der Waals surface area contributed by atoms with Crippen LogP contribution in [0.15, 0.2) is 42.5 Å². The number of rotatable bonds is 5. The Morgan fingerprint density at radius 3 is 2.53 bits per heavy atom. The molecule has 2 aliphatic heterocycles. The SMILES string of the molecule is O=C(Cc1ccc(N2CCOCC2)cc1)Nc1n[nH]c2ccc(N3CCCS3(=O)=O)cc12. The number of carbonyl (C=O) groups excluding carboxylic acids is 1. The number of nitrogens with zero attached hydrogens (tertiary/aromatic N) is 3. The molecular formula is C22H25N5O4S. The lowest BCUT2D eigenvalue weighted by atomic mass is 10.1. The van der Waals surface area contributed by atoms with Crippen LogP contribution in [0.5, 0.6) is 0 Å². The highest BCUT2D eigenvalue weighted by molar-refractivity contribution is 7.93. The van der Waals surface area contributed by atoms with Gasteiger partial charge in [0.1, 0.15) is 0 Å². The number of nitrogens with one attached hydrogen (secondary N) is 2. The zero-order valence-corrected chi connectivity index (χ0v) is 18.4. The van der Waals surface area contributed by atoms with Gasteiger partial charge in [-0.15, -0.1) is 0 Å². The van der Waals surface area contributed by atoms with E-state index < -0.39 is 10.0 Å². The van der Waals surface area contributed by atoms with Crippen molar-refractivity contribution in [2.45, 2.75) is 12.8 Å². The summed E-state index contributed by atoms with van der Waals surface area (Å²) in [6.45, 7) is 3.66. The Labute approximate surface area is 186 Å². The highest BCUT2D eigenvalue weighted by atomic mass is 32.2. The van der Waals surface area contributed by atoms with Crippen molar-refractivity contribution in [3.05, 3.63) is 48.0 Å². The molecule has 2 aliphatic rings. The molecule has 0 unspecified atom stereocenters. The molecule has 3 aromatic rings. The van der Waals surface area contributed by atoms with Crippen LogP contribution in [0.25, 0.3) is 10.9 Å². The molecule has 0 spiro atoms. The van der Waals surface area contributed by atoms with Crippen molar-refractivity contribution >= 4 is 44.0 Å². The minimum atomic E-state index is -3.28. The van der Waals surface area contributed by atoms with Gasteiger partial charge in [0.05, 0.1) is 36.6 Å². The first-order chi connectivity index (χ1) is 15.5. The molecule has 1 aromatic heterocycles. The van der Waals surface area contributed by atoms with Gasteiger partial charge in [0.25, 0.3) is 0 Å². The number of ether oxygens (including phenoxy) is 1. The maximum Gasteiger partial charge on any atom is 0.235 e. The smallest absolute Gasteiger partial charge is 0.235 e. The van der Waals surface area contributed by atoms with Gasteiger partial charge in [-0.1, -0.05) is 12.1 Å². The third-order valence-electron chi connectivity index (χ3n) is 5.87. The van der Waals surface area contributed by atoms with Gasteiger partial charge in [-0.3, -0.25) is 14.2 Å². The quantitative estimate of drug-likeness (QED) is 0.610. The van der Waals surface area contributed by atoms with Crippen molar-refractivity contribution in [2.75, 3.05) is 53.1 Å². The Kier molecular flexibility index (Phi) is 5.48. The van der Waals surface area contributed by atoms with E-state index in [1.54, 1.807) is 18.2 Å². The Balaban J connectivity index is 1.29. The molecular weight excluding hydrogens is 430 g/mol. The Hall–Kier alpha value is -3.11. The molecule has 5 rings (SSSR count). The van der Waals surface area contributed by atoms with Crippen molar-refractivity contribution in [1.82, 2.24) is 10.2 Å². The van der Waals surface area contributed by atoms with Crippen LogP contribution in [0, 0.1) is 0 Å². The van der Waals surface area contributed by atoms with Crippen LogP contribution in [0.1, 0.15) is 12.0 Å². The topological polar surface area (TPSA) is 108 Å². The highest BCUT2D eigenvalue weighted by Gasteiger charge is 2.28. The highest BCUT2D eigenvalue weighted by Crippen LogP contribution is 2.30. The molecule has 9 nitrogen and oxygen atoms in total. The number of carbonyl (C=O) groups is 1. The molecule has 3 heterocycles. The molecule has 2 fully saturated rings. The van der Waals surface area contributed by atoms with Gasteiger partial charge < -0.3 is 15.0 Å². The number of fused-ring (bicyclic) bond motifs is 1. The molecule has 168 valence electrons. The lowest BCUT2D eigenvalue weighted by Crippen LogP contribution is -2.36. The van der Waals surface area contributed by atoms with Crippen LogP contribution in [0.3, 0.4) is 0 Å². The first-order valence-corrected chi connectivity index (χ1v) is 12.3. The number of anilines is 3. The molecule has 2 aromatic carbocycles. The number of aromatic nitrogens is 2. The minimum absolute atomic E-state index is 0.157. The van der Waals surface area contributed by atoms with Crippen LogP contribution in [-0.2, 0) is 26.0 Å². The molecule has 0 aliphatic carbocycles. The minimum Gasteiger partial charge on any atom is -0.378 e. The lowest BCUT2D eigenvalue weighted by molar-refractivity contribution is -0.115. The zero-order valence-electron chi connectivity index (χ0n) is 17.6. The molecule has 10 heteroatoms. The van der Waals surface area contributed by atoms with Crippen LogP contribution >= 0.6 is 0 Å². The summed E-state index contributed by atoms with van der Waals surface area (Å²) >= 11 is 0. The molecule has 32 heavy (non-hydrogen) atoms. The predicted octanol–water partition coefficient (Wildman–Crippen LogP) is 2.12. The summed E-state index contributed by atoms with van der Waals surface area (Å²) < 4.78 is 31.3. The average molecular weight is 456 g/mol. The Morgan fingerprint density at radius 1 is 1.06 bits per heavy atom. The summed E-state index contributed by atoms with van der Waals surface area (Å²) in [6.07, 6.45) is 0.831. The Morgan fingerprint density at radius 2 is 1.81 bits per heavy atom. The normalized spacial score (nSPS) is 18.2. The fraction of sp³-hybridized carbons (Fsp3) is 0.364. The van der Waals surface area contributed by atoms with E-state index in [-0.39, 0.29) is 18.1 Å². The van der Waals surface area contributed by atoms with E-state index in [0.717, 1.165) is 43.1 Å². The summed E-state index contributed by atoms with van der Waals surface area (Å²) in [4.78, 5) is 14.9. The van der Waals surface area contributed by atoms with E-state index in [0.29, 0.717) is 29.9 Å². The van der Waals surface area contributed by atoms with E-state index in [9.17, 15) is 13.2 Å². The van der Waals surface area contributed by atoms with E-state index >= 15 is 0 Å². The number of benzene rings is 2. The monoisotopic (exact) mass is 455 g/mol. The van der Waals surface area contributed by atoms with E-state index in [1.807, 2.05) is 24.3 Å². The fourth-order valence-electron chi connectivity index (χ4n) is 4.19. The van der Waals surface area contributed by atoms with Gasteiger partial charge in [0, 0.05) is 30.7 Å². The number of aromatic amines is 1. The van der Waals surface area contributed by atoms with Crippen molar-refractivity contribution in [3.8, 4) is 0 Å². The average Bonchev–Trinajstić information content (AvgIpc) is 3.36. The van der Waals surface area contributed by atoms with Crippen molar-refractivity contribution in [3.63, 3.8) is 0 Å². The van der Waals surface area contributed by atoms with Crippen molar-refractivity contribution in [1.29, 1.82) is 0 Å². The van der Waals surface area contributed by atoms with Crippen LogP contribution < -0.4 is 14.5 Å². The number of H-pyrrole nitrogens is 1. The maximum atomic E-state index is 12.7. The van der Waals surface area contributed by atoms with Gasteiger partial charge in [-0.2, -0.15) is 5.10 Å². The Bertz CT molecular complexity index is 1230. The second kappa shape index (κ2) is 8.44. The standard InChI is InChI=1S/C22H25N5O4S/c28-21(14-16-2-4-17(5-3-16)26-9-11-31-12-10-26)23-22-19-15-18(6-7-20(19)24-25-22)27-8-1-13-32(27,29)30/h2-7,15H,1,8-14H2,(H2,23,24,25,28). The lowest BCUT2D eigenvalue weighted by Gasteiger charge is -2.28. The van der Waals surface area contributed by atoms with Gasteiger partial charge in [0.2, 0.25) is 15.9 Å². The first kappa shape index (κ1) is 20.8. The molecule has 2 N–H and O–H groups in total. The molecule has 1 amide bonds. The molecule has 0 atom stereocenters. The number of hydrogen-bond acceptors (Lipinski definition) is 6. The van der Waals surface area contributed by atoms with E-state index in [4.69, 9.17) is 4.74 Å². The maximum absolute atomic E-state index is 12.7. The molecule has 0 bridgehead atoms. The zero-order chi connectivity index (χ0) is 22.1. The van der Waals surface area contributed by atoms with Gasteiger partial charge >= 0.3 is 0 Å². The number of hydrogen-bond donors (Lipinski definition) is 2. The van der Waals surface area contributed by atoms with E-state index in [1.165, 1.54) is 4.31 Å². The van der Waals surface area contributed by atoms with Crippen molar-refractivity contribution in [2.24, 2.45) is 0 Å². The number of sulfonamides is 1. The predicted molar refractivity (Wildman–Crippen MR) is 124 cm³/mol. The second-order valence-electron chi connectivity index (χ2n) is 8.03. The number of morpholine rings is 1. The first-order valence-electron chi connectivity index (χ1n) is 10.7. The fourth-order valence-corrected chi connectivity index (χ4v) is 5.75. The van der Waals surface area contributed by atoms with Gasteiger partial charge in [-0.25, -0.2) is 8.42 Å². The van der Waals surface area contributed by atoms with Crippen molar-refractivity contribution < 1.29 is 17.9 Å². The third kappa shape index (κ3) is 4.15. The summed E-state index contributed by atoms with van der Waals surface area (Å²) in [5.41, 5.74) is 3.35.